The number of rotatable bonds is 4. The molecule has 27 heavy (non-hydrogen) atoms. The van der Waals surface area contributed by atoms with Crippen LogP contribution in [0.1, 0.15) is 31.4 Å². The van der Waals surface area contributed by atoms with Gasteiger partial charge in [-0.25, -0.2) is 9.50 Å². The topological polar surface area (TPSA) is 79.7 Å². The van der Waals surface area contributed by atoms with E-state index in [2.05, 4.69) is 10.1 Å². The molecule has 1 aliphatic rings. The number of ether oxygens (including phenoxy) is 1. The summed E-state index contributed by atoms with van der Waals surface area (Å²) in [7, 11) is 1.62. The fourth-order valence-electron chi connectivity index (χ4n) is 3.46. The van der Waals surface area contributed by atoms with E-state index >= 15 is 0 Å². The van der Waals surface area contributed by atoms with E-state index in [4.69, 9.17) is 4.74 Å². The number of fused-ring (bicyclic) bond motifs is 1. The lowest BCUT2D eigenvalue weighted by Gasteiger charge is -2.19. The number of hydrogen-bond acceptors (Lipinski definition) is 4. The van der Waals surface area contributed by atoms with Gasteiger partial charge in [0.05, 0.1) is 25.0 Å². The van der Waals surface area contributed by atoms with Crippen molar-refractivity contribution in [3.8, 4) is 17.0 Å². The van der Waals surface area contributed by atoms with E-state index in [0.29, 0.717) is 24.3 Å². The fourth-order valence-corrected chi connectivity index (χ4v) is 3.46. The van der Waals surface area contributed by atoms with Crippen LogP contribution < -0.4 is 10.3 Å². The van der Waals surface area contributed by atoms with Crippen molar-refractivity contribution in [2.45, 2.75) is 32.2 Å². The van der Waals surface area contributed by atoms with Crippen LogP contribution in [0.4, 0.5) is 0 Å². The number of carbonyl (C=O) groups excluding carboxylic acids is 1. The van der Waals surface area contributed by atoms with Gasteiger partial charge in [-0.1, -0.05) is 18.6 Å². The number of likely N-dealkylation sites (tertiary alicyclic amines) is 1. The normalized spacial score (nSPS) is 15.1. The SMILES string of the molecule is COc1cccc(-c2cc3nc(CN4CCCCCC4=O)cc(=O)n3[nH]2)c1. The standard InChI is InChI=1S/C20H22N4O3/c1-27-16-7-5-6-14(10-16)17-12-18-21-15(11-20(26)24(18)22-17)13-23-9-4-2-3-8-19(23)25/h5-7,10-12,22H,2-4,8-9,13H2,1H3. The number of H-pyrrole nitrogens is 1. The summed E-state index contributed by atoms with van der Waals surface area (Å²) < 4.78 is 6.68. The molecule has 2 aromatic heterocycles. The Hall–Kier alpha value is -3.09. The molecule has 1 fully saturated rings. The Kier molecular flexibility index (Phi) is 4.66. The molecule has 0 aliphatic carbocycles. The monoisotopic (exact) mass is 366 g/mol. The van der Waals surface area contributed by atoms with Gasteiger partial charge in [-0.3, -0.25) is 14.7 Å². The highest BCUT2D eigenvalue weighted by Crippen LogP contribution is 2.23. The molecule has 7 nitrogen and oxygen atoms in total. The van der Waals surface area contributed by atoms with Crippen molar-refractivity contribution in [3.05, 3.63) is 52.4 Å². The van der Waals surface area contributed by atoms with Gasteiger partial charge < -0.3 is 9.64 Å². The van der Waals surface area contributed by atoms with Crippen LogP contribution in [0.25, 0.3) is 16.9 Å². The van der Waals surface area contributed by atoms with Gasteiger partial charge in [0.25, 0.3) is 5.56 Å². The van der Waals surface area contributed by atoms with Gasteiger partial charge in [0.15, 0.2) is 5.65 Å². The zero-order chi connectivity index (χ0) is 18.8. The molecule has 0 saturated carbocycles. The number of nitrogens with zero attached hydrogens (tertiary/aromatic N) is 3. The second-order valence-corrected chi connectivity index (χ2v) is 6.81. The average molecular weight is 366 g/mol. The summed E-state index contributed by atoms with van der Waals surface area (Å²) in [5.74, 6) is 0.882. The van der Waals surface area contributed by atoms with Crippen LogP contribution in [-0.2, 0) is 11.3 Å². The van der Waals surface area contributed by atoms with Crippen LogP contribution in [0.3, 0.4) is 0 Å². The third-order valence-corrected chi connectivity index (χ3v) is 4.91. The first kappa shape index (κ1) is 17.3. The molecule has 7 heteroatoms. The van der Waals surface area contributed by atoms with Crippen molar-refractivity contribution in [3.63, 3.8) is 0 Å². The quantitative estimate of drug-likeness (QED) is 0.770. The Labute approximate surface area is 156 Å². The van der Waals surface area contributed by atoms with E-state index < -0.39 is 0 Å². The molecule has 1 aromatic carbocycles. The zero-order valence-corrected chi connectivity index (χ0v) is 15.3. The summed E-state index contributed by atoms with van der Waals surface area (Å²) in [6.07, 6.45) is 3.58. The predicted octanol–water partition coefficient (Wildman–Crippen LogP) is 2.60. The molecule has 1 aliphatic heterocycles. The van der Waals surface area contributed by atoms with Gasteiger partial charge in [0, 0.05) is 30.7 Å². The van der Waals surface area contributed by atoms with Crippen molar-refractivity contribution < 1.29 is 9.53 Å². The molecular weight excluding hydrogens is 344 g/mol. The molecular formula is C20H22N4O3. The number of aromatic amines is 1. The first-order chi connectivity index (χ1) is 13.1. The first-order valence-corrected chi connectivity index (χ1v) is 9.18. The molecule has 0 unspecified atom stereocenters. The van der Waals surface area contributed by atoms with E-state index in [1.807, 2.05) is 30.3 Å². The van der Waals surface area contributed by atoms with Crippen LogP contribution in [-0.4, -0.2) is 39.1 Å². The molecule has 0 bridgehead atoms. The molecule has 0 atom stereocenters. The summed E-state index contributed by atoms with van der Waals surface area (Å²) in [5, 5.41) is 3.09. The Morgan fingerprint density at radius 1 is 1.15 bits per heavy atom. The van der Waals surface area contributed by atoms with Crippen LogP contribution >= 0.6 is 0 Å². The third-order valence-electron chi connectivity index (χ3n) is 4.91. The second kappa shape index (κ2) is 7.26. The Morgan fingerprint density at radius 2 is 2.04 bits per heavy atom. The minimum Gasteiger partial charge on any atom is -0.497 e. The number of aromatic nitrogens is 3. The maximum absolute atomic E-state index is 12.5. The number of benzene rings is 1. The van der Waals surface area contributed by atoms with E-state index in [1.54, 1.807) is 12.0 Å². The molecule has 0 spiro atoms. The number of nitrogens with one attached hydrogen (secondary N) is 1. The van der Waals surface area contributed by atoms with E-state index in [-0.39, 0.29) is 11.5 Å². The molecule has 1 saturated heterocycles. The van der Waals surface area contributed by atoms with Gasteiger partial charge in [0.1, 0.15) is 5.75 Å². The highest BCUT2D eigenvalue weighted by molar-refractivity contribution is 5.76. The van der Waals surface area contributed by atoms with Crippen molar-refractivity contribution >= 4 is 11.6 Å². The van der Waals surface area contributed by atoms with E-state index in [9.17, 15) is 9.59 Å². The second-order valence-electron chi connectivity index (χ2n) is 6.81. The van der Waals surface area contributed by atoms with Gasteiger partial charge in [-0.05, 0) is 25.0 Å². The summed E-state index contributed by atoms with van der Waals surface area (Å²) >= 11 is 0. The van der Waals surface area contributed by atoms with Gasteiger partial charge in [-0.2, -0.15) is 0 Å². The Morgan fingerprint density at radius 3 is 2.89 bits per heavy atom. The highest BCUT2D eigenvalue weighted by Gasteiger charge is 2.18. The number of hydrogen-bond donors (Lipinski definition) is 1. The van der Waals surface area contributed by atoms with Crippen LogP contribution in [0.5, 0.6) is 5.75 Å². The lowest BCUT2D eigenvalue weighted by atomic mass is 10.1. The van der Waals surface area contributed by atoms with Crippen LogP contribution in [0, 0.1) is 0 Å². The molecule has 1 amide bonds. The lowest BCUT2D eigenvalue weighted by Crippen LogP contribution is -2.31. The summed E-state index contributed by atoms with van der Waals surface area (Å²) in [4.78, 5) is 31.1. The summed E-state index contributed by atoms with van der Waals surface area (Å²) in [5.41, 5.74) is 2.65. The summed E-state index contributed by atoms with van der Waals surface area (Å²) in [6, 6.07) is 10.9. The third kappa shape index (κ3) is 3.58. The van der Waals surface area contributed by atoms with Gasteiger partial charge >= 0.3 is 0 Å². The smallest absolute Gasteiger partial charge is 0.272 e. The van der Waals surface area contributed by atoms with Crippen molar-refractivity contribution in [1.29, 1.82) is 0 Å². The largest absolute Gasteiger partial charge is 0.497 e. The lowest BCUT2D eigenvalue weighted by molar-refractivity contribution is -0.131. The molecule has 1 N–H and O–H groups in total. The van der Waals surface area contributed by atoms with Crippen molar-refractivity contribution in [2.75, 3.05) is 13.7 Å². The van der Waals surface area contributed by atoms with E-state index in [0.717, 1.165) is 42.8 Å². The average Bonchev–Trinajstić information content (AvgIpc) is 3.01. The Bertz CT molecular complexity index is 1040. The van der Waals surface area contributed by atoms with Gasteiger partial charge in [0.2, 0.25) is 5.91 Å². The van der Waals surface area contributed by atoms with Crippen molar-refractivity contribution in [1.82, 2.24) is 19.5 Å². The molecule has 140 valence electrons. The zero-order valence-electron chi connectivity index (χ0n) is 15.3. The maximum atomic E-state index is 12.5. The predicted molar refractivity (Wildman–Crippen MR) is 102 cm³/mol. The molecule has 4 rings (SSSR count). The number of methoxy groups -OCH3 is 1. The number of amides is 1. The highest BCUT2D eigenvalue weighted by atomic mass is 16.5. The summed E-state index contributed by atoms with van der Waals surface area (Å²) in [6.45, 7) is 1.10. The van der Waals surface area contributed by atoms with Crippen LogP contribution in [0.2, 0.25) is 0 Å². The minimum atomic E-state index is -0.189. The first-order valence-electron chi connectivity index (χ1n) is 9.18. The molecule has 3 heterocycles. The van der Waals surface area contributed by atoms with Crippen LogP contribution in [0.15, 0.2) is 41.2 Å². The van der Waals surface area contributed by atoms with E-state index in [1.165, 1.54) is 10.6 Å². The fraction of sp³-hybridized carbons (Fsp3) is 0.350. The molecule has 0 radical (unpaired) electrons. The number of carbonyl (C=O) groups is 1. The maximum Gasteiger partial charge on any atom is 0.272 e. The Balaban J connectivity index is 1.67. The van der Waals surface area contributed by atoms with Gasteiger partial charge in [-0.15, -0.1) is 0 Å². The minimum absolute atomic E-state index is 0.139. The molecule has 3 aromatic rings. The van der Waals surface area contributed by atoms with Crippen molar-refractivity contribution in [2.24, 2.45) is 0 Å².